The Morgan fingerprint density at radius 1 is 1.31 bits per heavy atom. The summed E-state index contributed by atoms with van der Waals surface area (Å²) in [5.41, 5.74) is 2.92. The molecule has 2 nitrogen and oxygen atoms in total. The second kappa shape index (κ2) is 6.62. The summed E-state index contributed by atoms with van der Waals surface area (Å²) in [4.78, 5) is 0. The van der Waals surface area contributed by atoms with E-state index in [1.54, 1.807) is 0 Å². The van der Waals surface area contributed by atoms with Gasteiger partial charge in [-0.3, -0.25) is 0 Å². The average molecular weight is 214 g/mol. The third-order valence-electron chi connectivity index (χ3n) is 2.29. The van der Waals surface area contributed by atoms with Crippen LogP contribution < -0.4 is 5.84 Å². The van der Waals surface area contributed by atoms with Gasteiger partial charge in [0.05, 0.1) is 5.71 Å². The molecule has 84 valence electrons. The Morgan fingerprint density at radius 2 is 2.00 bits per heavy atom. The summed E-state index contributed by atoms with van der Waals surface area (Å²) < 4.78 is 0. The van der Waals surface area contributed by atoms with E-state index in [0.717, 1.165) is 23.3 Å². The van der Waals surface area contributed by atoms with E-state index in [2.05, 4.69) is 24.2 Å². The Morgan fingerprint density at radius 3 is 2.50 bits per heavy atom. The molecule has 0 saturated carbocycles. The fourth-order valence-electron chi connectivity index (χ4n) is 1.47. The van der Waals surface area contributed by atoms with Crippen molar-refractivity contribution in [2.75, 3.05) is 0 Å². The van der Waals surface area contributed by atoms with Crippen LogP contribution >= 0.6 is 0 Å². The molecule has 0 aliphatic heterocycles. The molecule has 0 amide bonds. The fourth-order valence-corrected chi connectivity index (χ4v) is 1.47. The van der Waals surface area contributed by atoms with Crippen molar-refractivity contribution in [2.45, 2.75) is 20.3 Å². The summed E-state index contributed by atoms with van der Waals surface area (Å²) >= 11 is 0. The number of nitrogens with two attached hydrogens (primary N) is 1. The Kier molecular flexibility index (Phi) is 5.06. The summed E-state index contributed by atoms with van der Waals surface area (Å²) in [6.07, 6.45) is 7.18. The first kappa shape index (κ1) is 12.2. The highest BCUT2D eigenvalue weighted by Gasteiger charge is 2.05. The van der Waals surface area contributed by atoms with Crippen LogP contribution in [0.5, 0.6) is 0 Å². The summed E-state index contributed by atoms with van der Waals surface area (Å²) in [5.74, 6) is 5.47. The molecule has 0 aliphatic carbocycles. The summed E-state index contributed by atoms with van der Waals surface area (Å²) in [6.45, 7) is 4.09. The number of allylic oxidation sites excluding steroid dienone is 4. The van der Waals surface area contributed by atoms with E-state index in [4.69, 9.17) is 5.84 Å². The van der Waals surface area contributed by atoms with Crippen molar-refractivity contribution in [1.82, 2.24) is 0 Å². The van der Waals surface area contributed by atoms with Gasteiger partial charge < -0.3 is 5.84 Å². The molecule has 0 bridgehead atoms. The first-order valence-electron chi connectivity index (χ1n) is 5.50. The highest BCUT2D eigenvalue weighted by molar-refractivity contribution is 6.14. The molecule has 0 aliphatic rings. The number of benzene rings is 1. The van der Waals surface area contributed by atoms with Crippen LogP contribution in [0.15, 0.2) is 59.2 Å². The Labute approximate surface area is 97.2 Å². The lowest BCUT2D eigenvalue weighted by Gasteiger charge is -2.05. The van der Waals surface area contributed by atoms with E-state index in [1.807, 2.05) is 43.3 Å². The Bertz CT molecular complexity index is 400. The molecular formula is C14H18N2. The monoisotopic (exact) mass is 214 g/mol. The highest BCUT2D eigenvalue weighted by atomic mass is 15.1. The Balaban J connectivity index is 3.04. The van der Waals surface area contributed by atoms with Gasteiger partial charge in [0.15, 0.2) is 0 Å². The van der Waals surface area contributed by atoms with E-state index >= 15 is 0 Å². The molecule has 2 heteroatoms. The van der Waals surface area contributed by atoms with Crippen LogP contribution in [-0.4, -0.2) is 5.71 Å². The molecule has 1 rings (SSSR count). The molecule has 0 radical (unpaired) electrons. The van der Waals surface area contributed by atoms with Crippen molar-refractivity contribution >= 4 is 5.71 Å². The molecule has 16 heavy (non-hydrogen) atoms. The maximum Gasteiger partial charge on any atom is 0.0967 e. The van der Waals surface area contributed by atoms with Crippen LogP contribution in [0.4, 0.5) is 0 Å². The van der Waals surface area contributed by atoms with Gasteiger partial charge in [-0.25, -0.2) is 0 Å². The van der Waals surface area contributed by atoms with E-state index in [1.165, 1.54) is 0 Å². The first-order chi connectivity index (χ1) is 7.83. The number of nitrogens with zero attached hydrogens (tertiary/aromatic N) is 1. The van der Waals surface area contributed by atoms with E-state index < -0.39 is 0 Å². The van der Waals surface area contributed by atoms with Crippen molar-refractivity contribution in [2.24, 2.45) is 10.9 Å². The molecule has 0 heterocycles. The second-order valence-corrected chi connectivity index (χ2v) is 3.40. The van der Waals surface area contributed by atoms with Crippen molar-refractivity contribution in [1.29, 1.82) is 0 Å². The van der Waals surface area contributed by atoms with E-state index in [-0.39, 0.29) is 0 Å². The maximum absolute atomic E-state index is 5.47. The standard InChI is InChI=1S/C14H18N2/c1-3-5-9-12(4-2)14(16-15)13-10-7-6-8-11-13/h4-11H,3,15H2,1-2H3/b9-5-,12-4+,16-14-. The van der Waals surface area contributed by atoms with E-state index in [0.29, 0.717) is 0 Å². The molecule has 0 unspecified atom stereocenters. The minimum absolute atomic E-state index is 0.827. The van der Waals surface area contributed by atoms with E-state index in [9.17, 15) is 0 Å². The molecule has 1 aromatic rings. The topological polar surface area (TPSA) is 38.4 Å². The first-order valence-corrected chi connectivity index (χ1v) is 5.50. The Hall–Kier alpha value is -1.83. The zero-order valence-electron chi connectivity index (χ0n) is 9.85. The third-order valence-corrected chi connectivity index (χ3v) is 2.29. The second-order valence-electron chi connectivity index (χ2n) is 3.40. The molecule has 0 aromatic heterocycles. The predicted octanol–water partition coefficient (Wildman–Crippen LogP) is 3.26. The van der Waals surface area contributed by atoms with Gasteiger partial charge in [-0.05, 0) is 18.9 Å². The van der Waals surface area contributed by atoms with Crippen molar-refractivity contribution < 1.29 is 0 Å². The zero-order chi connectivity index (χ0) is 11.8. The summed E-state index contributed by atoms with van der Waals surface area (Å²) in [5, 5.41) is 3.88. The largest absolute Gasteiger partial charge is 0.323 e. The SMILES string of the molecule is C/C=C(\C=C/CC)C(=N/N)/c1ccccc1. The summed E-state index contributed by atoms with van der Waals surface area (Å²) in [6, 6.07) is 9.97. The lowest BCUT2D eigenvalue weighted by atomic mass is 10.0. The van der Waals surface area contributed by atoms with Gasteiger partial charge in [-0.2, -0.15) is 5.10 Å². The molecule has 0 atom stereocenters. The van der Waals surface area contributed by atoms with Crippen LogP contribution in [0.25, 0.3) is 0 Å². The van der Waals surface area contributed by atoms with Crippen molar-refractivity contribution in [3.8, 4) is 0 Å². The van der Waals surface area contributed by atoms with Gasteiger partial charge in [0, 0.05) is 5.56 Å². The van der Waals surface area contributed by atoms with Crippen molar-refractivity contribution in [3.05, 3.63) is 59.7 Å². The predicted molar refractivity (Wildman–Crippen MR) is 70.4 cm³/mol. The molecule has 0 saturated heterocycles. The molecule has 1 aromatic carbocycles. The van der Waals surface area contributed by atoms with Gasteiger partial charge in [0.25, 0.3) is 0 Å². The van der Waals surface area contributed by atoms with Crippen LogP contribution in [0, 0.1) is 0 Å². The lowest BCUT2D eigenvalue weighted by Crippen LogP contribution is -2.06. The fraction of sp³-hybridized carbons (Fsp3) is 0.214. The molecular weight excluding hydrogens is 196 g/mol. The van der Waals surface area contributed by atoms with Gasteiger partial charge in [-0.1, -0.05) is 55.5 Å². The maximum atomic E-state index is 5.47. The smallest absolute Gasteiger partial charge is 0.0967 e. The van der Waals surface area contributed by atoms with Crippen LogP contribution in [0.1, 0.15) is 25.8 Å². The quantitative estimate of drug-likeness (QED) is 0.355. The van der Waals surface area contributed by atoms with Gasteiger partial charge in [0.1, 0.15) is 0 Å². The third kappa shape index (κ3) is 3.09. The zero-order valence-corrected chi connectivity index (χ0v) is 9.85. The minimum Gasteiger partial charge on any atom is -0.323 e. The van der Waals surface area contributed by atoms with Crippen LogP contribution in [0.2, 0.25) is 0 Å². The lowest BCUT2D eigenvalue weighted by molar-refractivity contribution is 1.21. The van der Waals surface area contributed by atoms with Crippen molar-refractivity contribution in [3.63, 3.8) is 0 Å². The molecule has 0 fully saturated rings. The van der Waals surface area contributed by atoms with Crippen LogP contribution in [-0.2, 0) is 0 Å². The number of hydrogen-bond donors (Lipinski definition) is 1. The number of rotatable bonds is 4. The number of hydrogen-bond acceptors (Lipinski definition) is 2. The number of hydrazone groups is 1. The van der Waals surface area contributed by atoms with Gasteiger partial charge in [0.2, 0.25) is 0 Å². The highest BCUT2D eigenvalue weighted by Crippen LogP contribution is 2.10. The average Bonchev–Trinajstić information content (AvgIpc) is 2.35. The van der Waals surface area contributed by atoms with Gasteiger partial charge >= 0.3 is 0 Å². The molecule has 0 spiro atoms. The normalized spacial score (nSPS) is 13.4. The minimum atomic E-state index is 0.827. The van der Waals surface area contributed by atoms with Gasteiger partial charge in [-0.15, -0.1) is 0 Å². The van der Waals surface area contributed by atoms with Crippen LogP contribution in [0.3, 0.4) is 0 Å². The summed E-state index contributed by atoms with van der Waals surface area (Å²) in [7, 11) is 0. The molecule has 2 N–H and O–H groups in total.